The maximum atomic E-state index is 11.2. The summed E-state index contributed by atoms with van der Waals surface area (Å²) < 4.78 is 27.1. The molecule has 0 aromatic heterocycles. The Morgan fingerprint density at radius 3 is 2.31 bits per heavy atom. The van der Waals surface area contributed by atoms with Gasteiger partial charge < -0.3 is 5.11 Å². The lowest BCUT2D eigenvalue weighted by molar-refractivity contribution is 0.208. The van der Waals surface area contributed by atoms with E-state index in [0.29, 0.717) is 6.54 Å². The van der Waals surface area contributed by atoms with Crippen molar-refractivity contribution in [1.82, 2.24) is 9.44 Å². The summed E-state index contributed by atoms with van der Waals surface area (Å²) in [5, 5.41) is 8.83. The Bertz CT molecular complexity index is 236. The third kappa shape index (κ3) is 5.98. The maximum Gasteiger partial charge on any atom is 0.277 e. The van der Waals surface area contributed by atoms with Gasteiger partial charge in [0.1, 0.15) is 0 Å². The zero-order chi connectivity index (χ0) is 10.5. The molecular formula is C7H18N2O3S. The number of rotatable bonds is 6. The zero-order valence-corrected chi connectivity index (χ0v) is 9.11. The van der Waals surface area contributed by atoms with Crippen LogP contribution in [0.2, 0.25) is 0 Å². The molecule has 0 fully saturated rings. The Hall–Kier alpha value is -0.170. The fourth-order valence-electron chi connectivity index (χ4n) is 0.669. The van der Waals surface area contributed by atoms with E-state index in [1.54, 1.807) is 13.8 Å². The van der Waals surface area contributed by atoms with Crippen LogP contribution in [-0.4, -0.2) is 32.2 Å². The third-order valence-corrected chi connectivity index (χ3v) is 2.75. The maximum absolute atomic E-state index is 11.2. The highest BCUT2D eigenvalue weighted by Gasteiger charge is 2.22. The van der Waals surface area contributed by atoms with E-state index in [9.17, 15) is 8.42 Å². The minimum atomic E-state index is -3.47. The van der Waals surface area contributed by atoms with Gasteiger partial charge in [-0.25, -0.2) is 4.72 Å². The highest BCUT2D eigenvalue weighted by molar-refractivity contribution is 7.87. The molecule has 5 nitrogen and oxygen atoms in total. The van der Waals surface area contributed by atoms with E-state index in [1.165, 1.54) is 0 Å². The third-order valence-electron chi connectivity index (χ3n) is 1.35. The fourth-order valence-corrected chi connectivity index (χ4v) is 2.01. The number of aliphatic hydroxyl groups is 1. The summed E-state index contributed by atoms with van der Waals surface area (Å²) in [5.74, 6) is 0. The number of aliphatic hydroxyl groups excluding tert-OH is 1. The molecule has 0 rings (SSSR count). The van der Waals surface area contributed by atoms with E-state index in [4.69, 9.17) is 5.11 Å². The van der Waals surface area contributed by atoms with Crippen LogP contribution in [0.5, 0.6) is 0 Å². The van der Waals surface area contributed by atoms with Gasteiger partial charge in [0.2, 0.25) is 0 Å². The lowest BCUT2D eigenvalue weighted by atomic mass is 10.1. The Morgan fingerprint density at radius 2 is 1.92 bits per heavy atom. The fraction of sp³-hybridized carbons (Fsp3) is 1.00. The van der Waals surface area contributed by atoms with Crippen molar-refractivity contribution >= 4 is 10.2 Å². The molecule has 0 bridgehead atoms. The van der Waals surface area contributed by atoms with Crippen LogP contribution in [0.1, 0.15) is 27.2 Å². The molecule has 0 amide bonds. The monoisotopic (exact) mass is 210 g/mol. The van der Waals surface area contributed by atoms with E-state index in [1.807, 2.05) is 6.92 Å². The van der Waals surface area contributed by atoms with E-state index >= 15 is 0 Å². The Kier molecular flexibility index (Phi) is 4.83. The van der Waals surface area contributed by atoms with Crippen LogP contribution in [-0.2, 0) is 10.2 Å². The van der Waals surface area contributed by atoms with Crippen LogP contribution < -0.4 is 9.44 Å². The van der Waals surface area contributed by atoms with Gasteiger partial charge in [-0.15, -0.1) is 0 Å². The van der Waals surface area contributed by atoms with Crippen molar-refractivity contribution in [3.05, 3.63) is 0 Å². The van der Waals surface area contributed by atoms with Crippen LogP contribution in [0.3, 0.4) is 0 Å². The van der Waals surface area contributed by atoms with E-state index in [0.717, 1.165) is 6.42 Å². The SMILES string of the molecule is CCCNS(=O)(=O)NC(C)(C)CO. The molecule has 0 aliphatic heterocycles. The van der Waals surface area contributed by atoms with Gasteiger partial charge in [-0.1, -0.05) is 6.92 Å². The first-order chi connectivity index (χ1) is 5.83. The minimum Gasteiger partial charge on any atom is -0.394 e. The molecule has 0 unspecified atom stereocenters. The molecule has 0 saturated heterocycles. The molecule has 6 heteroatoms. The van der Waals surface area contributed by atoms with E-state index in [-0.39, 0.29) is 6.61 Å². The van der Waals surface area contributed by atoms with Gasteiger partial charge in [-0.05, 0) is 20.3 Å². The smallest absolute Gasteiger partial charge is 0.277 e. The van der Waals surface area contributed by atoms with Crippen LogP contribution in [0.15, 0.2) is 0 Å². The second kappa shape index (κ2) is 4.90. The van der Waals surface area contributed by atoms with Crippen LogP contribution in [0.25, 0.3) is 0 Å². The van der Waals surface area contributed by atoms with Gasteiger partial charge in [0, 0.05) is 6.54 Å². The van der Waals surface area contributed by atoms with E-state index < -0.39 is 15.7 Å². The lowest BCUT2D eigenvalue weighted by Crippen LogP contribution is -2.50. The average Bonchev–Trinajstić information content (AvgIpc) is 1.99. The molecular weight excluding hydrogens is 192 g/mol. The molecule has 0 spiro atoms. The summed E-state index contributed by atoms with van der Waals surface area (Å²) in [6.07, 6.45) is 0.737. The van der Waals surface area contributed by atoms with Crippen molar-refractivity contribution in [2.75, 3.05) is 13.2 Å². The van der Waals surface area contributed by atoms with Crippen molar-refractivity contribution in [2.45, 2.75) is 32.7 Å². The lowest BCUT2D eigenvalue weighted by Gasteiger charge is -2.23. The number of hydrogen-bond acceptors (Lipinski definition) is 3. The highest BCUT2D eigenvalue weighted by Crippen LogP contribution is 2.01. The molecule has 0 heterocycles. The summed E-state index contributed by atoms with van der Waals surface area (Å²) in [4.78, 5) is 0. The standard InChI is InChI=1S/C7H18N2O3S/c1-4-5-8-13(11,12)9-7(2,3)6-10/h8-10H,4-6H2,1-3H3. The highest BCUT2D eigenvalue weighted by atomic mass is 32.2. The van der Waals surface area contributed by atoms with Gasteiger partial charge in [0.15, 0.2) is 0 Å². The molecule has 0 atom stereocenters. The molecule has 3 N–H and O–H groups in total. The molecule has 0 aliphatic carbocycles. The summed E-state index contributed by atoms with van der Waals surface area (Å²) in [7, 11) is -3.47. The zero-order valence-electron chi connectivity index (χ0n) is 8.29. The molecule has 0 aromatic rings. The average molecular weight is 210 g/mol. The van der Waals surface area contributed by atoms with E-state index in [2.05, 4.69) is 9.44 Å². The molecule has 13 heavy (non-hydrogen) atoms. The summed E-state index contributed by atoms with van der Waals surface area (Å²) >= 11 is 0. The van der Waals surface area contributed by atoms with Crippen molar-refractivity contribution in [1.29, 1.82) is 0 Å². The van der Waals surface area contributed by atoms with Gasteiger partial charge in [-0.2, -0.15) is 13.1 Å². The van der Waals surface area contributed by atoms with Crippen molar-refractivity contribution in [2.24, 2.45) is 0 Å². The first kappa shape index (κ1) is 12.8. The van der Waals surface area contributed by atoms with Crippen LogP contribution >= 0.6 is 0 Å². The number of hydrogen-bond donors (Lipinski definition) is 3. The molecule has 0 saturated carbocycles. The normalized spacial score (nSPS) is 13.2. The quantitative estimate of drug-likeness (QED) is 0.558. The molecule has 0 aliphatic rings. The first-order valence-corrected chi connectivity index (χ1v) is 5.71. The van der Waals surface area contributed by atoms with Gasteiger partial charge >= 0.3 is 0 Å². The molecule has 0 aromatic carbocycles. The summed E-state index contributed by atoms with van der Waals surface area (Å²) in [5.41, 5.74) is -0.820. The topological polar surface area (TPSA) is 78.4 Å². The second-order valence-corrected chi connectivity index (χ2v) is 5.04. The van der Waals surface area contributed by atoms with Crippen LogP contribution in [0.4, 0.5) is 0 Å². The Balaban J connectivity index is 4.18. The first-order valence-electron chi connectivity index (χ1n) is 4.22. The van der Waals surface area contributed by atoms with Gasteiger partial charge in [-0.3, -0.25) is 0 Å². The van der Waals surface area contributed by atoms with Crippen molar-refractivity contribution in [3.8, 4) is 0 Å². The minimum absolute atomic E-state index is 0.236. The van der Waals surface area contributed by atoms with Gasteiger partial charge in [0.05, 0.1) is 12.1 Å². The van der Waals surface area contributed by atoms with Crippen LogP contribution in [0, 0.1) is 0 Å². The predicted molar refractivity (Wildman–Crippen MR) is 51.5 cm³/mol. The Morgan fingerprint density at radius 1 is 1.38 bits per heavy atom. The molecule has 0 radical (unpaired) electrons. The molecule has 80 valence electrons. The largest absolute Gasteiger partial charge is 0.394 e. The Labute approximate surface area is 79.7 Å². The van der Waals surface area contributed by atoms with Crippen molar-refractivity contribution in [3.63, 3.8) is 0 Å². The predicted octanol–water partition coefficient (Wildman–Crippen LogP) is -0.409. The van der Waals surface area contributed by atoms with Crippen molar-refractivity contribution < 1.29 is 13.5 Å². The van der Waals surface area contributed by atoms with Gasteiger partial charge in [0.25, 0.3) is 10.2 Å². The number of nitrogens with one attached hydrogen (secondary N) is 2. The second-order valence-electron chi connectivity index (χ2n) is 3.54. The summed E-state index contributed by atoms with van der Waals surface area (Å²) in [6.45, 7) is 5.26. The summed E-state index contributed by atoms with van der Waals surface area (Å²) in [6, 6.07) is 0.